The third-order valence-electron chi connectivity index (χ3n) is 5.93. The van der Waals surface area contributed by atoms with Crippen LogP contribution in [-0.2, 0) is 0 Å². The summed E-state index contributed by atoms with van der Waals surface area (Å²) in [5.74, 6) is 2.32. The summed E-state index contributed by atoms with van der Waals surface area (Å²) >= 11 is 0. The number of hydrogen-bond donors (Lipinski definition) is 3. The molecule has 0 saturated heterocycles. The predicted octanol–water partition coefficient (Wildman–Crippen LogP) is 6.30. The molecule has 1 aromatic heterocycles. The third-order valence-corrected chi connectivity index (χ3v) is 5.93. The highest BCUT2D eigenvalue weighted by Gasteiger charge is 2.15. The van der Waals surface area contributed by atoms with Crippen molar-refractivity contribution < 1.29 is 9.47 Å². The lowest BCUT2D eigenvalue weighted by atomic mass is 10.0. The first-order chi connectivity index (χ1) is 17.6. The van der Waals surface area contributed by atoms with Gasteiger partial charge in [0, 0.05) is 40.2 Å². The van der Waals surface area contributed by atoms with Crippen LogP contribution in [-0.4, -0.2) is 30.4 Å². The predicted molar refractivity (Wildman–Crippen MR) is 146 cm³/mol. The van der Waals surface area contributed by atoms with Crippen LogP contribution in [0, 0.1) is 5.41 Å². The lowest BCUT2D eigenvalue weighted by Crippen LogP contribution is -2.02. The second kappa shape index (κ2) is 9.76. The number of fused-ring (bicyclic) bond motifs is 1. The Hall–Kier alpha value is -4.91. The number of nitrogen functional groups attached to an aromatic ring is 1. The van der Waals surface area contributed by atoms with Crippen molar-refractivity contribution in [2.75, 3.05) is 25.3 Å². The van der Waals surface area contributed by atoms with Gasteiger partial charge in [-0.15, -0.1) is 0 Å². The Bertz CT molecular complexity index is 1570. The molecule has 36 heavy (non-hydrogen) atoms. The van der Waals surface area contributed by atoms with Gasteiger partial charge in [0.05, 0.1) is 19.7 Å². The first kappa shape index (κ1) is 22.9. The minimum absolute atomic E-state index is 0.535. The Labute approximate surface area is 209 Å². The van der Waals surface area contributed by atoms with Crippen molar-refractivity contribution in [3.63, 3.8) is 0 Å². The van der Waals surface area contributed by atoms with Crippen LogP contribution in [0.3, 0.4) is 0 Å². The fourth-order valence-electron chi connectivity index (χ4n) is 4.06. The summed E-state index contributed by atoms with van der Waals surface area (Å²) in [6.45, 7) is 0. The van der Waals surface area contributed by atoms with Crippen molar-refractivity contribution in [3.05, 3.63) is 90.5 Å². The van der Waals surface area contributed by atoms with Crippen LogP contribution in [0.25, 0.3) is 33.4 Å². The molecule has 0 saturated carbocycles. The molecule has 0 amide bonds. The number of rotatable bonds is 7. The van der Waals surface area contributed by atoms with E-state index in [2.05, 4.69) is 29.6 Å². The van der Waals surface area contributed by atoms with E-state index in [9.17, 15) is 0 Å². The molecule has 0 fully saturated rings. The monoisotopic (exact) mass is 475 g/mol. The lowest BCUT2D eigenvalue weighted by molar-refractivity contribution is 0.356. The standard InChI is InChI=1S/C29H25N5O2/c1-35-26-15-23-25(16-27(26)36-2)33-28(20-10-6-9-19(13-20)18-7-4-3-5-8-18)34-29(23)32-22-11-12-24(31)21(14-22)17-30/h3-17,30H,31H2,1-2H3,(H,32,33,34). The fraction of sp³-hybridized carbons (Fsp3) is 0.0690. The number of ether oxygens (including phenoxy) is 2. The second-order valence-corrected chi connectivity index (χ2v) is 8.18. The lowest BCUT2D eigenvalue weighted by Gasteiger charge is -2.15. The first-order valence-electron chi connectivity index (χ1n) is 11.4. The van der Waals surface area contributed by atoms with Crippen molar-refractivity contribution in [2.45, 2.75) is 0 Å². The summed E-state index contributed by atoms with van der Waals surface area (Å²) in [6.07, 6.45) is 1.23. The molecule has 4 aromatic carbocycles. The van der Waals surface area contributed by atoms with Gasteiger partial charge in [0.2, 0.25) is 0 Å². The highest BCUT2D eigenvalue weighted by atomic mass is 16.5. The molecule has 0 radical (unpaired) electrons. The molecule has 0 aliphatic carbocycles. The number of benzene rings is 4. The molecular weight excluding hydrogens is 450 g/mol. The van der Waals surface area contributed by atoms with Crippen LogP contribution in [0.5, 0.6) is 11.5 Å². The van der Waals surface area contributed by atoms with E-state index in [0.29, 0.717) is 39.9 Å². The zero-order valence-corrected chi connectivity index (χ0v) is 19.9. The number of methoxy groups -OCH3 is 2. The van der Waals surface area contributed by atoms with E-state index in [-0.39, 0.29) is 0 Å². The zero-order chi connectivity index (χ0) is 25.1. The smallest absolute Gasteiger partial charge is 0.162 e. The summed E-state index contributed by atoms with van der Waals surface area (Å²) in [5, 5.41) is 11.8. The molecule has 5 rings (SSSR count). The molecule has 5 aromatic rings. The number of nitrogens with zero attached hydrogens (tertiary/aromatic N) is 2. The van der Waals surface area contributed by atoms with Gasteiger partial charge in [-0.2, -0.15) is 0 Å². The van der Waals surface area contributed by atoms with Crippen molar-refractivity contribution in [1.82, 2.24) is 9.97 Å². The maximum Gasteiger partial charge on any atom is 0.162 e. The highest BCUT2D eigenvalue weighted by Crippen LogP contribution is 2.36. The molecule has 1 heterocycles. The number of nitrogens with two attached hydrogens (primary N) is 1. The zero-order valence-electron chi connectivity index (χ0n) is 19.9. The van der Waals surface area contributed by atoms with Crippen LogP contribution in [0.4, 0.5) is 17.2 Å². The van der Waals surface area contributed by atoms with Gasteiger partial charge in [-0.3, -0.25) is 0 Å². The van der Waals surface area contributed by atoms with Crippen molar-refractivity contribution in [2.24, 2.45) is 0 Å². The van der Waals surface area contributed by atoms with Crippen molar-refractivity contribution >= 4 is 34.3 Å². The summed E-state index contributed by atoms with van der Waals surface area (Å²) in [5.41, 5.74) is 11.7. The molecule has 0 aliphatic rings. The summed E-state index contributed by atoms with van der Waals surface area (Å²) < 4.78 is 11.1. The summed E-state index contributed by atoms with van der Waals surface area (Å²) in [7, 11) is 3.19. The number of anilines is 3. The number of aromatic nitrogens is 2. The van der Waals surface area contributed by atoms with E-state index in [1.807, 2.05) is 54.6 Å². The Balaban J connectivity index is 1.68. The molecule has 4 N–H and O–H groups in total. The molecule has 0 atom stereocenters. The second-order valence-electron chi connectivity index (χ2n) is 8.18. The molecular formula is C29H25N5O2. The topological polar surface area (TPSA) is 106 Å². The van der Waals surface area contributed by atoms with E-state index < -0.39 is 0 Å². The van der Waals surface area contributed by atoms with Crippen LogP contribution >= 0.6 is 0 Å². The highest BCUT2D eigenvalue weighted by molar-refractivity contribution is 5.95. The van der Waals surface area contributed by atoms with Gasteiger partial charge in [0.1, 0.15) is 5.82 Å². The van der Waals surface area contributed by atoms with Gasteiger partial charge in [0.15, 0.2) is 17.3 Å². The van der Waals surface area contributed by atoms with Gasteiger partial charge in [-0.1, -0.05) is 48.5 Å². The minimum atomic E-state index is 0.535. The van der Waals surface area contributed by atoms with Crippen LogP contribution in [0.2, 0.25) is 0 Å². The molecule has 0 aliphatic heterocycles. The first-order valence-corrected chi connectivity index (χ1v) is 11.4. The van der Waals surface area contributed by atoms with E-state index in [1.54, 1.807) is 20.3 Å². The van der Waals surface area contributed by atoms with Gasteiger partial charge in [-0.05, 0) is 41.5 Å². The Morgan fingerprint density at radius 1 is 0.778 bits per heavy atom. The largest absolute Gasteiger partial charge is 0.493 e. The Morgan fingerprint density at radius 3 is 2.25 bits per heavy atom. The van der Waals surface area contributed by atoms with Crippen molar-refractivity contribution in [3.8, 4) is 34.0 Å². The van der Waals surface area contributed by atoms with Gasteiger partial charge in [0.25, 0.3) is 0 Å². The summed E-state index contributed by atoms with van der Waals surface area (Å²) in [4.78, 5) is 9.77. The maximum atomic E-state index is 7.64. The fourth-order valence-corrected chi connectivity index (χ4v) is 4.06. The quantitative estimate of drug-likeness (QED) is 0.188. The number of nitrogens with one attached hydrogen (secondary N) is 2. The number of hydrogen-bond acceptors (Lipinski definition) is 7. The van der Waals surface area contributed by atoms with Crippen LogP contribution in [0.1, 0.15) is 5.56 Å². The van der Waals surface area contributed by atoms with Gasteiger partial charge >= 0.3 is 0 Å². The van der Waals surface area contributed by atoms with E-state index in [1.165, 1.54) is 6.21 Å². The van der Waals surface area contributed by atoms with Crippen LogP contribution < -0.4 is 20.5 Å². The average Bonchev–Trinajstić information content (AvgIpc) is 2.93. The third kappa shape index (κ3) is 4.42. The van der Waals surface area contributed by atoms with Gasteiger partial charge in [-0.25, -0.2) is 9.97 Å². The van der Waals surface area contributed by atoms with Gasteiger partial charge < -0.3 is 25.9 Å². The van der Waals surface area contributed by atoms with E-state index in [4.69, 9.17) is 30.6 Å². The normalized spacial score (nSPS) is 10.7. The van der Waals surface area contributed by atoms with E-state index in [0.717, 1.165) is 27.8 Å². The Morgan fingerprint density at radius 2 is 1.50 bits per heavy atom. The van der Waals surface area contributed by atoms with E-state index >= 15 is 0 Å². The molecule has 0 unspecified atom stereocenters. The average molecular weight is 476 g/mol. The SMILES string of the molecule is COc1cc2nc(-c3cccc(-c4ccccc4)c3)nc(Nc3ccc(N)c(C=N)c3)c2cc1OC. The molecule has 0 bridgehead atoms. The summed E-state index contributed by atoms with van der Waals surface area (Å²) in [6, 6.07) is 27.5. The molecule has 0 spiro atoms. The molecule has 178 valence electrons. The van der Waals surface area contributed by atoms with Crippen LogP contribution in [0.15, 0.2) is 84.9 Å². The Kier molecular flexibility index (Phi) is 6.19. The minimum Gasteiger partial charge on any atom is -0.493 e. The molecule has 7 heteroatoms. The molecule has 7 nitrogen and oxygen atoms in total. The maximum absolute atomic E-state index is 7.64. The van der Waals surface area contributed by atoms with Crippen molar-refractivity contribution in [1.29, 1.82) is 5.41 Å².